The number of carbonyl (C=O) groups excluding carboxylic acids is 2. The van der Waals surface area contributed by atoms with Crippen LogP contribution in [0.5, 0.6) is 17.2 Å². The third-order valence-corrected chi connectivity index (χ3v) is 4.79. The van der Waals surface area contributed by atoms with E-state index in [0.29, 0.717) is 42.7 Å². The molecule has 0 saturated heterocycles. The van der Waals surface area contributed by atoms with E-state index in [-0.39, 0.29) is 11.8 Å². The third kappa shape index (κ3) is 8.23. The van der Waals surface area contributed by atoms with Crippen molar-refractivity contribution in [3.05, 3.63) is 83.9 Å². The number of ether oxygens (including phenoxy) is 3. The van der Waals surface area contributed by atoms with Gasteiger partial charge in [0.15, 0.2) is 11.5 Å². The van der Waals surface area contributed by atoms with Gasteiger partial charge >= 0.3 is 0 Å². The van der Waals surface area contributed by atoms with Gasteiger partial charge in [-0.15, -0.1) is 0 Å². The first-order valence-corrected chi connectivity index (χ1v) is 11.4. The first-order valence-electron chi connectivity index (χ1n) is 11.4. The second-order valence-corrected chi connectivity index (χ2v) is 7.70. The quantitative estimate of drug-likeness (QED) is 0.285. The summed E-state index contributed by atoms with van der Waals surface area (Å²) >= 11 is 0. The SMILES string of the molecule is CCOc1cc(/C=C/C(=O)Nc2cc(C)ccc2NC(C)=O)ccc1OCCOc1ccccc1. The first-order chi connectivity index (χ1) is 16.9. The van der Waals surface area contributed by atoms with Crippen LogP contribution < -0.4 is 24.8 Å². The van der Waals surface area contributed by atoms with Gasteiger partial charge in [0.25, 0.3) is 0 Å². The molecule has 0 atom stereocenters. The van der Waals surface area contributed by atoms with E-state index in [0.717, 1.165) is 16.9 Å². The zero-order chi connectivity index (χ0) is 25.0. The molecule has 0 aromatic heterocycles. The second-order valence-electron chi connectivity index (χ2n) is 7.70. The summed E-state index contributed by atoms with van der Waals surface area (Å²) in [5.41, 5.74) is 2.82. The van der Waals surface area contributed by atoms with Crippen molar-refractivity contribution >= 4 is 29.3 Å². The van der Waals surface area contributed by atoms with Gasteiger partial charge in [-0.1, -0.05) is 30.3 Å². The molecule has 2 N–H and O–H groups in total. The van der Waals surface area contributed by atoms with Gasteiger partial charge in [-0.25, -0.2) is 0 Å². The molecule has 7 nitrogen and oxygen atoms in total. The normalized spacial score (nSPS) is 10.6. The van der Waals surface area contributed by atoms with E-state index in [1.807, 2.05) is 62.4 Å². The van der Waals surface area contributed by atoms with Crippen molar-refractivity contribution in [2.45, 2.75) is 20.8 Å². The monoisotopic (exact) mass is 474 g/mol. The number of aryl methyl sites for hydroxylation is 1. The summed E-state index contributed by atoms with van der Waals surface area (Å²) in [6.45, 7) is 6.47. The molecule has 2 amide bonds. The summed E-state index contributed by atoms with van der Waals surface area (Å²) in [5, 5.41) is 5.54. The Hall–Kier alpha value is -4.26. The Morgan fingerprint density at radius 1 is 0.829 bits per heavy atom. The Labute approximate surface area is 205 Å². The molecule has 0 saturated carbocycles. The van der Waals surface area contributed by atoms with Crippen molar-refractivity contribution in [1.29, 1.82) is 0 Å². The van der Waals surface area contributed by atoms with Crippen LogP contribution >= 0.6 is 0 Å². The van der Waals surface area contributed by atoms with Gasteiger partial charge in [0, 0.05) is 13.0 Å². The number of nitrogens with one attached hydrogen (secondary N) is 2. The molecular weight excluding hydrogens is 444 g/mol. The van der Waals surface area contributed by atoms with E-state index >= 15 is 0 Å². The van der Waals surface area contributed by atoms with Crippen LogP contribution in [0.4, 0.5) is 11.4 Å². The van der Waals surface area contributed by atoms with E-state index < -0.39 is 0 Å². The molecule has 0 heterocycles. The fourth-order valence-corrected chi connectivity index (χ4v) is 3.25. The number of rotatable bonds is 11. The molecule has 0 spiro atoms. The van der Waals surface area contributed by atoms with Gasteiger partial charge < -0.3 is 24.8 Å². The number of benzene rings is 3. The summed E-state index contributed by atoms with van der Waals surface area (Å²) in [7, 11) is 0. The van der Waals surface area contributed by atoms with Gasteiger partial charge in [0.05, 0.1) is 18.0 Å². The highest BCUT2D eigenvalue weighted by molar-refractivity contribution is 6.05. The average molecular weight is 475 g/mol. The molecule has 0 radical (unpaired) electrons. The summed E-state index contributed by atoms with van der Waals surface area (Å²) in [6.07, 6.45) is 3.12. The Morgan fingerprint density at radius 2 is 1.60 bits per heavy atom. The summed E-state index contributed by atoms with van der Waals surface area (Å²) in [6, 6.07) is 20.4. The average Bonchev–Trinajstić information content (AvgIpc) is 2.84. The van der Waals surface area contributed by atoms with Gasteiger partial charge in [-0.2, -0.15) is 0 Å². The highest BCUT2D eigenvalue weighted by Crippen LogP contribution is 2.29. The Balaban J connectivity index is 1.61. The number of hydrogen-bond donors (Lipinski definition) is 2. The maximum atomic E-state index is 12.5. The number of hydrogen-bond acceptors (Lipinski definition) is 5. The van der Waals surface area contributed by atoms with Crippen LogP contribution in [0.15, 0.2) is 72.8 Å². The summed E-state index contributed by atoms with van der Waals surface area (Å²) in [5.74, 6) is 1.44. The minimum absolute atomic E-state index is 0.211. The fraction of sp³-hybridized carbons (Fsp3) is 0.214. The number of para-hydroxylation sites is 1. The van der Waals surface area contributed by atoms with Crippen LogP contribution in [0.3, 0.4) is 0 Å². The molecule has 7 heteroatoms. The van der Waals surface area contributed by atoms with Crippen molar-refractivity contribution in [1.82, 2.24) is 0 Å². The van der Waals surface area contributed by atoms with Crippen molar-refractivity contribution in [2.24, 2.45) is 0 Å². The van der Waals surface area contributed by atoms with Crippen LogP contribution in [0, 0.1) is 6.92 Å². The van der Waals surface area contributed by atoms with Gasteiger partial charge in [0.1, 0.15) is 19.0 Å². The van der Waals surface area contributed by atoms with E-state index in [2.05, 4.69) is 10.6 Å². The highest BCUT2D eigenvalue weighted by atomic mass is 16.5. The summed E-state index contributed by atoms with van der Waals surface area (Å²) in [4.78, 5) is 24.0. The number of carbonyl (C=O) groups is 2. The van der Waals surface area contributed by atoms with E-state index in [9.17, 15) is 9.59 Å². The maximum absolute atomic E-state index is 12.5. The Morgan fingerprint density at radius 3 is 2.34 bits per heavy atom. The van der Waals surface area contributed by atoms with E-state index in [1.165, 1.54) is 13.0 Å². The van der Waals surface area contributed by atoms with E-state index in [1.54, 1.807) is 24.3 Å². The molecular formula is C28H30N2O5. The Kier molecular flexibility index (Phi) is 9.31. The minimum atomic E-state index is -0.321. The van der Waals surface area contributed by atoms with Crippen LogP contribution in [0.1, 0.15) is 25.0 Å². The molecule has 3 rings (SSSR count). The molecule has 3 aromatic rings. The lowest BCUT2D eigenvalue weighted by molar-refractivity contribution is -0.114. The zero-order valence-corrected chi connectivity index (χ0v) is 20.2. The van der Waals surface area contributed by atoms with Crippen molar-refractivity contribution in [3.63, 3.8) is 0 Å². The zero-order valence-electron chi connectivity index (χ0n) is 20.2. The number of anilines is 2. The van der Waals surface area contributed by atoms with Crippen LogP contribution in [-0.4, -0.2) is 31.6 Å². The predicted molar refractivity (Wildman–Crippen MR) is 138 cm³/mol. The fourth-order valence-electron chi connectivity index (χ4n) is 3.25. The molecule has 3 aromatic carbocycles. The van der Waals surface area contributed by atoms with Crippen molar-refractivity contribution in [2.75, 3.05) is 30.5 Å². The number of amides is 2. The summed E-state index contributed by atoms with van der Waals surface area (Å²) < 4.78 is 17.2. The lowest BCUT2D eigenvalue weighted by atomic mass is 10.1. The van der Waals surface area contributed by atoms with Crippen LogP contribution in [0.2, 0.25) is 0 Å². The Bertz CT molecular complexity index is 1180. The molecule has 0 unspecified atom stereocenters. The molecule has 35 heavy (non-hydrogen) atoms. The van der Waals surface area contributed by atoms with Crippen molar-refractivity contribution < 1.29 is 23.8 Å². The molecule has 0 aliphatic carbocycles. The molecule has 0 aliphatic heterocycles. The molecule has 0 aliphatic rings. The van der Waals surface area contributed by atoms with Crippen LogP contribution in [0.25, 0.3) is 6.08 Å². The molecule has 182 valence electrons. The van der Waals surface area contributed by atoms with Gasteiger partial charge in [-0.05, 0) is 67.4 Å². The van der Waals surface area contributed by atoms with E-state index in [4.69, 9.17) is 14.2 Å². The molecule has 0 fully saturated rings. The highest BCUT2D eigenvalue weighted by Gasteiger charge is 2.09. The third-order valence-electron chi connectivity index (χ3n) is 4.79. The second kappa shape index (κ2) is 12.8. The van der Waals surface area contributed by atoms with Crippen LogP contribution in [-0.2, 0) is 9.59 Å². The first kappa shape index (κ1) is 25.4. The van der Waals surface area contributed by atoms with Gasteiger partial charge in [-0.3, -0.25) is 9.59 Å². The standard InChI is InChI=1S/C28H30N2O5/c1-4-33-27-19-22(11-14-26(27)35-17-16-34-23-8-6-5-7-9-23)12-15-28(32)30-25-18-20(2)10-13-24(25)29-21(3)31/h5-15,18-19H,4,16-17H2,1-3H3,(H,29,31)(H,30,32)/b15-12+. The minimum Gasteiger partial charge on any atom is -0.490 e. The molecule has 0 bridgehead atoms. The maximum Gasteiger partial charge on any atom is 0.248 e. The van der Waals surface area contributed by atoms with Crippen molar-refractivity contribution in [3.8, 4) is 17.2 Å². The largest absolute Gasteiger partial charge is 0.490 e. The lowest BCUT2D eigenvalue weighted by Gasteiger charge is -2.13. The van der Waals surface area contributed by atoms with Gasteiger partial charge in [0.2, 0.25) is 11.8 Å². The topological polar surface area (TPSA) is 85.9 Å². The lowest BCUT2D eigenvalue weighted by Crippen LogP contribution is -2.13. The predicted octanol–water partition coefficient (Wildman–Crippen LogP) is 5.46. The smallest absolute Gasteiger partial charge is 0.248 e.